The number of benzene rings is 2. The van der Waals surface area contributed by atoms with E-state index in [1.807, 2.05) is 0 Å². The number of aromatic nitrogens is 1. The standard InChI is InChI=1S/C24H16F4N4O2/c25-16-8-14(11-29)9-17(10-16)31-22(33)20-18-5-1-2-6-19(18)23(34)32(13-24(26,27)28)21(20)15-4-3-7-30-12-15/h1-10,12,20-21H,13H2,(H,31,33). The number of rotatable bonds is 4. The summed E-state index contributed by atoms with van der Waals surface area (Å²) in [6.45, 7) is -1.58. The summed E-state index contributed by atoms with van der Waals surface area (Å²) in [6, 6.07) is 12.6. The Hall–Kier alpha value is -4.26. The summed E-state index contributed by atoms with van der Waals surface area (Å²) in [5.74, 6) is -3.68. The molecule has 2 heterocycles. The van der Waals surface area contributed by atoms with Gasteiger partial charge in [0.1, 0.15) is 12.4 Å². The number of alkyl halides is 3. The molecule has 34 heavy (non-hydrogen) atoms. The molecule has 2 atom stereocenters. The van der Waals surface area contributed by atoms with Crippen molar-refractivity contribution in [3.63, 3.8) is 0 Å². The van der Waals surface area contributed by atoms with Gasteiger partial charge in [-0.1, -0.05) is 24.3 Å². The molecule has 0 aliphatic carbocycles. The number of halogens is 4. The molecule has 0 fully saturated rings. The second-order valence-electron chi connectivity index (χ2n) is 7.67. The molecule has 1 aliphatic rings. The number of nitrogens with zero attached hydrogens (tertiary/aromatic N) is 3. The third-order valence-corrected chi connectivity index (χ3v) is 5.39. The smallest absolute Gasteiger partial charge is 0.325 e. The van der Waals surface area contributed by atoms with Gasteiger partial charge in [0, 0.05) is 23.6 Å². The molecule has 4 rings (SSSR count). The topological polar surface area (TPSA) is 86.1 Å². The number of carbonyl (C=O) groups excluding carboxylic acids is 2. The van der Waals surface area contributed by atoms with Crippen LogP contribution in [0, 0.1) is 17.1 Å². The van der Waals surface area contributed by atoms with Crippen LogP contribution in [0.4, 0.5) is 23.2 Å². The Balaban J connectivity index is 1.85. The predicted octanol–water partition coefficient (Wildman–Crippen LogP) is 4.57. The van der Waals surface area contributed by atoms with E-state index in [2.05, 4.69) is 10.3 Å². The first-order valence-electron chi connectivity index (χ1n) is 10.1. The van der Waals surface area contributed by atoms with E-state index in [0.717, 1.165) is 12.1 Å². The van der Waals surface area contributed by atoms with Crippen molar-refractivity contribution >= 4 is 17.5 Å². The fraction of sp³-hybridized carbons (Fsp3) is 0.167. The highest BCUT2D eigenvalue weighted by atomic mass is 19.4. The number of pyridine rings is 1. The van der Waals surface area contributed by atoms with Crippen molar-refractivity contribution < 1.29 is 27.2 Å². The molecule has 1 aromatic heterocycles. The first kappa shape index (κ1) is 22.9. The van der Waals surface area contributed by atoms with Gasteiger partial charge >= 0.3 is 6.18 Å². The quantitative estimate of drug-likeness (QED) is 0.569. The lowest BCUT2D eigenvalue weighted by molar-refractivity contribution is -0.148. The van der Waals surface area contributed by atoms with Crippen LogP contribution in [0.1, 0.15) is 39.0 Å². The zero-order valence-electron chi connectivity index (χ0n) is 17.4. The maximum Gasteiger partial charge on any atom is 0.406 e. The minimum atomic E-state index is -4.73. The number of carbonyl (C=O) groups is 2. The van der Waals surface area contributed by atoms with E-state index in [-0.39, 0.29) is 27.9 Å². The summed E-state index contributed by atoms with van der Waals surface area (Å²) >= 11 is 0. The molecular formula is C24H16F4N4O2. The van der Waals surface area contributed by atoms with Crippen molar-refractivity contribution in [1.82, 2.24) is 9.88 Å². The second kappa shape index (κ2) is 8.94. The van der Waals surface area contributed by atoms with Gasteiger partial charge in [-0.2, -0.15) is 18.4 Å². The van der Waals surface area contributed by atoms with E-state index in [4.69, 9.17) is 5.26 Å². The van der Waals surface area contributed by atoms with Gasteiger partial charge in [0.15, 0.2) is 0 Å². The van der Waals surface area contributed by atoms with E-state index in [0.29, 0.717) is 4.90 Å². The molecule has 0 saturated heterocycles. The number of nitrogens with one attached hydrogen (secondary N) is 1. The van der Waals surface area contributed by atoms with Crippen molar-refractivity contribution in [2.75, 3.05) is 11.9 Å². The minimum absolute atomic E-state index is 0.0380. The van der Waals surface area contributed by atoms with Gasteiger partial charge in [-0.25, -0.2) is 4.39 Å². The van der Waals surface area contributed by atoms with E-state index >= 15 is 0 Å². The highest BCUT2D eigenvalue weighted by Crippen LogP contribution is 2.44. The zero-order valence-corrected chi connectivity index (χ0v) is 17.4. The molecular weight excluding hydrogens is 452 g/mol. The Morgan fingerprint density at radius 1 is 1.15 bits per heavy atom. The fourth-order valence-electron chi connectivity index (χ4n) is 4.11. The van der Waals surface area contributed by atoms with Crippen molar-refractivity contribution in [2.45, 2.75) is 18.1 Å². The van der Waals surface area contributed by atoms with Gasteiger partial charge in [0.2, 0.25) is 5.91 Å². The summed E-state index contributed by atoms with van der Waals surface area (Å²) in [6.07, 6.45) is -2.01. The van der Waals surface area contributed by atoms with Gasteiger partial charge in [-0.3, -0.25) is 14.6 Å². The van der Waals surface area contributed by atoms with Gasteiger partial charge < -0.3 is 10.2 Å². The summed E-state index contributed by atoms with van der Waals surface area (Å²) in [7, 11) is 0. The van der Waals surface area contributed by atoms with Crippen LogP contribution in [0.2, 0.25) is 0 Å². The number of nitriles is 1. The molecule has 1 aliphatic heterocycles. The van der Waals surface area contributed by atoms with Gasteiger partial charge in [0.25, 0.3) is 5.91 Å². The zero-order chi connectivity index (χ0) is 24.5. The largest absolute Gasteiger partial charge is 0.406 e. The highest BCUT2D eigenvalue weighted by molar-refractivity contribution is 6.04. The molecule has 3 aromatic rings. The molecule has 0 bridgehead atoms. The average molecular weight is 468 g/mol. The van der Waals surface area contributed by atoms with Crippen molar-refractivity contribution in [3.8, 4) is 6.07 Å². The van der Waals surface area contributed by atoms with Crippen LogP contribution in [0.25, 0.3) is 0 Å². The number of hydrogen-bond acceptors (Lipinski definition) is 4. The van der Waals surface area contributed by atoms with Crippen LogP contribution in [0.5, 0.6) is 0 Å². The molecule has 0 radical (unpaired) electrons. The Kier molecular flexibility index (Phi) is 6.03. The number of anilines is 1. The third kappa shape index (κ3) is 4.59. The van der Waals surface area contributed by atoms with Gasteiger partial charge in [0.05, 0.1) is 23.6 Å². The van der Waals surface area contributed by atoms with Crippen LogP contribution in [-0.4, -0.2) is 34.4 Å². The maximum absolute atomic E-state index is 13.9. The van der Waals surface area contributed by atoms with Crippen LogP contribution in [-0.2, 0) is 4.79 Å². The lowest BCUT2D eigenvalue weighted by Gasteiger charge is -2.41. The van der Waals surface area contributed by atoms with Crippen LogP contribution < -0.4 is 5.32 Å². The highest BCUT2D eigenvalue weighted by Gasteiger charge is 2.47. The molecule has 0 saturated carbocycles. The number of amides is 2. The van der Waals surface area contributed by atoms with Crippen LogP contribution in [0.3, 0.4) is 0 Å². The summed E-state index contributed by atoms with van der Waals surface area (Å²) in [4.78, 5) is 31.2. The monoisotopic (exact) mass is 468 g/mol. The summed E-state index contributed by atoms with van der Waals surface area (Å²) in [5.41, 5.74) is 0.338. The Labute approximate surface area is 191 Å². The number of hydrogen-bond donors (Lipinski definition) is 1. The summed E-state index contributed by atoms with van der Waals surface area (Å²) < 4.78 is 54.4. The van der Waals surface area contributed by atoms with Gasteiger partial charge in [-0.05, 0) is 41.5 Å². The van der Waals surface area contributed by atoms with Gasteiger partial charge in [-0.15, -0.1) is 0 Å². The van der Waals surface area contributed by atoms with Crippen molar-refractivity contribution in [2.24, 2.45) is 0 Å². The van der Waals surface area contributed by atoms with E-state index in [1.165, 1.54) is 48.8 Å². The summed E-state index contributed by atoms with van der Waals surface area (Å²) in [5, 5.41) is 11.6. The maximum atomic E-state index is 13.9. The SMILES string of the molecule is N#Cc1cc(F)cc(NC(=O)C2c3ccccc3C(=O)N(CC(F)(F)F)C2c2cccnc2)c1. The third-order valence-electron chi connectivity index (χ3n) is 5.39. The first-order chi connectivity index (χ1) is 16.2. The Bertz CT molecular complexity index is 1290. The molecule has 1 N–H and O–H groups in total. The lowest BCUT2D eigenvalue weighted by atomic mass is 9.79. The van der Waals surface area contributed by atoms with Crippen LogP contribution in [0.15, 0.2) is 67.0 Å². The van der Waals surface area contributed by atoms with E-state index in [1.54, 1.807) is 12.1 Å². The average Bonchev–Trinajstić information content (AvgIpc) is 2.80. The first-order valence-corrected chi connectivity index (χ1v) is 10.1. The molecule has 2 amide bonds. The minimum Gasteiger partial charge on any atom is -0.325 e. The fourth-order valence-corrected chi connectivity index (χ4v) is 4.11. The predicted molar refractivity (Wildman–Crippen MR) is 113 cm³/mol. The molecule has 10 heteroatoms. The Morgan fingerprint density at radius 3 is 2.59 bits per heavy atom. The number of fused-ring (bicyclic) bond motifs is 1. The molecule has 2 unspecified atom stereocenters. The normalized spacial score (nSPS) is 17.6. The molecule has 0 spiro atoms. The van der Waals surface area contributed by atoms with Crippen molar-refractivity contribution in [3.05, 3.63) is 95.1 Å². The lowest BCUT2D eigenvalue weighted by Crippen LogP contribution is -2.49. The molecule has 2 aromatic carbocycles. The van der Waals surface area contributed by atoms with E-state index < -0.39 is 42.3 Å². The molecule has 172 valence electrons. The molecule has 6 nitrogen and oxygen atoms in total. The van der Waals surface area contributed by atoms with Crippen molar-refractivity contribution in [1.29, 1.82) is 5.26 Å². The second-order valence-corrected chi connectivity index (χ2v) is 7.67. The van der Waals surface area contributed by atoms with E-state index in [9.17, 15) is 27.2 Å². The Morgan fingerprint density at radius 2 is 1.91 bits per heavy atom. The van der Waals surface area contributed by atoms with Crippen LogP contribution >= 0.6 is 0 Å².